The molecule has 17 heavy (non-hydrogen) atoms. The number of hydrogen-bond acceptors (Lipinski definition) is 1. The van der Waals surface area contributed by atoms with Gasteiger partial charge in [0.25, 0.3) is 0 Å². The fraction of sp³-hybridized carbons (Fsp3) is 0.200. The van der Waals surface area contributed by atoms with Crippen LogP contribution in [0.5, 0.6) is 0 Å². The summed E-state index contributed by atoms with van der Waals surface area (Å²) in [5, 5.41) is 0. The summed E-state index contributed by atoms with van der Waals surface area (Å²) < 4.78 is 12.8. The van der Waals surface area contributed by atoms with Crippen LogP contribution in [0.1, 0.15) is 12.5 Å². The van der Waals surface area contributed by atoms with Gasteiger partial charge in [0.1, 0.15) is 5.82 Å². The molecular weight excluding hydrogens is 213 g/mol. The molecule has 2 aromatic rings. The maximum atomic E-state index is 12.8. The van der Waals surface area contributed by atoms with Gasteiger partial charge in [0.2, 0.25) is 0 Å². The third-order valence-electron chi connectivity index (χ3n) is 2.66. The molecule has 2 N–H and O–H groups in total. The van der Waals surface area contributed by atoms with Gasteiger partial charge in [-0.25, -0.2) is 4.39 Å². The molecule has 0 amide bonds. The third-order valence-corrected chi connectivity index (χ3v) is 2.66. The number of benzene rings is 2. The summed E-state index contributed by atoms with van der Waals surface area (Å²) in [6, 6.07) is 14.9. The molecule has 0 radical (unpaired) electrons. The average Bonchev–Trinajstić information content (AvgIpc) is 2.29. The largest absolute Gasteiger partial charge is 0.328 e. The Balaban J connectivity index is 2.29. The summed E-state index contributed by atoms with van der Waals surface area (Å²) in [6.07, 6.45) is 0.856. The van der Waals surface area contributed by atoms with E-state index in [9.17, 15) is 4.39 Å². The lowest BCUT2D eigenvalue weighted by atomic mass is 10.0. The average molecular weight is 229 g/mol. The highest BCUT2D eigenvalue weighted by Crippen LogP contribution is 2.21. The van der Waals surface area contributed by atoms with Crippen LogP contribution in [0.25, 0.3) is 11.1 Å². The zero-order valence-electron chi connectivity index (χ0n) is 9.86. The van der Waals surface area contributed by atoms with Crippen LogP contribution >= 0.6 is 0 Å². The zero-order valence-corrected chi connectivity index (χ0v) is 9.86. The molecule has 0 saturated carbocycles. The molecule has 0 aromatic heterocycles. The van der Waals surface area contributed by atoms with E-state index in [1.54, 1.807) is 12.1 Å². The molecule has 0 heterocycles. The molecule has 0 fully saturated rings. The maximum absolute atomic E-state index is 12.8. The Bertz CT molecular complexity index is 489. The van der Waals surface area contributed by atoms with E-state index < -0.39 is 0 Å². The molecule has 0 saturated heterocycles. The Labute approximate surface area is 101 Å². The highest BCUT2D eigenvalue weighted by atomic mass is 19.1. The fourth-order valence-electron chi connectivity index (χ4n) is 1.89. The van der Waals surface area contributed by atoms with Crippen molar-refractivity contribution in [1.82, 2.24) is 0 Å². The molecule has 1 nitrogen and oxygen atoms in total. The van der Waals surface area contributed by atoms with Crippen molar-refractivity contribution in [3.05, 3.63) is 59.9 Å². The number of rotatable bonds is 3. The molecule has 88 valence electrons. The van der Waals surface area contributed by atoms with Gasteiger partial charge in [-0.05, 0) is 42.2 Å². The van der Waals surface area contributed by atoms with E-state index in [-0.39, 0.29) is 11.9 Å². The Morgan fingerprint density at radius 2 is 1.76 bits per heavy atom. The van der Waals surface area contributed by atoms with E-state index >= 15 is 0 Å². The van der Waals surface area contributed by atoms with Crippen LogP contribution in [0.3, 0.4) is 0 Å². The summed E-state index contributed by atoms with van der Waals surface area (Å²) in [6.45, 7) is 1.99. The molecule has 1 unspecified atom stereocenters. The minimum atomic E-state index is -0.208. The van der Waals surface area contributed by atoms with Crippen LogP contribution in [0.2, 0.25) is 0 Å². The van der Waals surface area contributed by atoms with E-state index in [4.69, 9.17) is 5.73 Å². The second-order valence-electron chi connectivity index (χ2n) is 4.39. The molecule has 1 atom stereocenters. The topological polar surface area (TPSA) is 26.0 Å². The Hall–Kier alpha value is -1.67. The number of halogens is 1. The van der Waals surface area contributed by atoms with E-state index in [2.05, 4.69) is 12.1 Å². The van der Waals surface area contributed by atoms with E-state index in [0.29, 0.717) is 0 Å². The molecule has 0 aliphatic heterocycles. The first kappa shape index (κ1) is 11.8. The van der Waals surface area contributed by atoms with Crippen LogP contribution in [0.4, 0.5) is 4.39 Å². The lowest BCUT2D eigenvalue weighted by molar-refractivity contribution is 0.628. The molecular formula is C15H16FN. The summed E-state index contributed by atoms with van der Waals surface area (Å²) in [4.78, 5) is 0. The van der Waals surface area contributed by atoms with Crippen molar-refractivity contribution in [3.8, 4) is 11.1 Å². The second-order valence-corrected chi connectivity index (χ2v) is 4.39. The first-order valence-electron chi connectivity index (χ1n) is 5.75. The molecule has 0 spiro atoms. The fourth-order valence-corrected chi connectivity index (χ4v) is 1.89. The van der Waals surface area contributed by atoms with Gasteiger partial charge in [-0.15, -0.1) is 0 Å². The van der Waals surface area contributed by atoms with Gasteiger partial charge in [-0.3, -0.25) is 0 Å². The molecule has 2 aromatic carbocycles. The highest BCUT2D eigenvalue weighted by molar-refractivity contribution is 5.64. The van der Waals surface area contributed by atoms with Gasteiger partial charge in [0, 0.05) is 6.04 Å². The van der Waals surface area contributed by atoms with Crippen LogP contribution in [-0.4, -0.2) is 6.04 Å². The van der Waals surface area contributed by atoms with Gasteiger partial charge >= 0.3 is 0 Å². The van der Waals surface area contributed by atoms with E-state index in [1.165, 1.54) is 17.7 Å². The van der Waals surface area contributed by atoms with Crippen LogP contribution < -0.4 is 5.73 Å². The first-order valence-corrected chi connectivity index (χ1v) is 5.75. The standard InChI is InChI=1S/C15H16FN/c1-11(17)9-12-3-2-4-14(10-12)13-5-7-15(16)8-6-13/h2-8,10-11H,9,17H2,1H3. The summed E-state index contributed by atoms with van der Waals surface area (Å²) in [7, 11) is 0. The van der Waals surface area contributed by atoms with Crippen molar-refractivity contribution in [1.29, 1.82) is 0 Å². The van der Waals surface area contributed by atoms with Crippen molar-refractivity contribution in [2.45, 2.75) is 19.4 Å². The predicted molar refractivity (Wildman–Crippen MR) is 69.2 cm³/mol. The predicted octanol–water partition coefficient (Wildman–Crippen LogP) is 3.38. The van der Waals surface area contributed by atoms with E-state index in [1.807, 2.05) is 19.1 Å². The molecule has 0 bridgehead atoms. The minimum absolute atomic E-state index is 0.151. The molecule has 2 rings (SSSR count). The molecule has 2 heteroatoms. The maximum Gasteiger partial charge on any atom is 0.123 e. The zero-order chi connectivity index (χ0) is 12.3. The van der Waals surface area contributed by atoms with Crippen LogP contribution in [0.15, 0.2) is 48.5 Å². The summed E-state index contributed by atoms with van der Waals surface area (Å²) in [5.41, 5.74) is 9.12. The van der Waals surface area contributed by atoms with Crippen molar-refractivity contribution < 1.29 is 4.39 Å². The lowest BCUT2D eigenvalue weighted by Gasteiger charge is -2.08. The van der Waals surface area contributed by atoms with Gasteiger partial charge in [0.15, 0.2) is 0 Å². The smallest absolute Gasteiger partial charge is 0.123 e. The summed E-state index contributed by atoms with van der Waals surface area (Å²) in [5.74, 6) is -0.208. The van der Waals surface area contributed by atoms with E-state index in [0.717, 1.165) is 17.5 Å². The monoisotopic (exact) mass is 229 g/mol. The number of nitrogens with two attached hydrogens (primary N) is 1. The Morgan fingerprint density at radius 3 is 2.41 bits per heavy atom. The van der Waals surface area contributed by atoms with Crippen molar-refractivity contribution in [3.63, 3.8) is 0 Å². The van der Waals surface area contributed by atoms with Crippen LogP contribution in [-0.2, 0) is 6.42 Å². The van der Waals surface area contributed by atoms with Crippen molar-refractivity contribution >= 4 is 0 Å². The molecule has 0 aliphatic rings. The third kappa shape index (κ3) is 3.14. The molecule has 0 aliphatic carbocycles. The summed E-state index contributed by atoms with van der Waals surface area (Å²) >= 11 is 0. The second kappa shape index (κ2) is 5.11. The normalized spacial score (nSPS) is 12.4. The van der Waals surface area contributed by atoms with Gasteiger partial charge in [-0.1, -0.05) is 36.4 Å². The quantitative estimate of drug-likeness (QED) is 0.857. The minimum Gasteiger partial charge on any atom is -0.328 e. The lowest BCUT2D eigenvalue weighted by Crippen LogP contribution is -2.17. The first-order chi connectivity index (χ1) is 8.15. The number of hydrogen-bond donors (Lipinski definition) is 1. The Kier molecular flexibility index (Phi) is 3.55. The van der Waals surface area contributed by atoms with Crippen molar-refractivity contribution in [2.75, 3.05) is 0 Å². The van der Waals surface area contributed by atoms with Gasteiger partial charge in [-0.2, -0.15) is 0 Å². The highest BCUT2D eigenvalue weighted by Gasteiger charge is 2.01. The van der Waals surface area contributed by atoms with Crippen molar-refractivity contribution in [2.24, 2.45) is 5.73 Å². The van der Waals surface area contributed by atoms with Gasteiger partial charge in [0.05, 0.1) is 0 Å². The SMILES string of the molecule is CC(N)Cc1cccc(-c2ccc(F)cc2)c1. The van der Waals surface area contributed by atoms with Crippen LogP contribution in [0, 0.1) is 5.82 Å². The Morgan fingerprint density at radius 1 is 1.06 bits per heavy atom. The van der Waals surface area contributed by atoms with Gasteiger partial charge < -0.3 is 5.73 Å².